The summed E-state index contributed by atoms with van der Waals surface area (Å²) < 4.78 is 1.98. The molecular weight excluding hydrogens is 294 g/mol. The molecule has 2 heterocycles. The molecule has 0 saturated heterocycles. The first-order valence-electron chi connectivity index (χ1n) is 8.42. The van der Waals surface area contributed by atoms with Crippen molar-refractivity contribution in [2.24, 2.45) is 0 Å². The summed E-state index contributed by atoms with van der Waals surface area (Å²) in [6.07, 6.45) is 3.41. The highest BCUT2D eigenvalue weighted by atomic mass is 15.3. The van der Waals surface area contributed by atoms with Crippen LogP contribution in [0.1, 0.15) is 17.7 Å². The Hall–Kier alpha value is -2.94. The van der Waals surface area contributed by atoms with Gasteiger partial charge >= 0.3 is 0 Å². The quantitative estimate of drug-likeness (QED) is 0.542. The summed E-state index contributed by atoms with van der Waals surface area (Å²) in [7, 11) is 0. The molecule has 3 heteroatoms. The van der Waals surface area contributed by atoms with E-state index in [0.717, 1.165) is 40.8 Å². The third-order valence-electron chi connectivity index (χ3n) is 4.73. The number of nitrogens with zero attached hydrogens (tertiary/aromatic N) is 3. The van der Waals surface area contributed by atoms with Crippen LogP contribution in [0.4, 0.5) is 0 Å². The van der Waals surface area contributed by atoms with Crippen molar-refractivity contribution in [1.82, 2.24) is 14.8 Å². The standard InChI is InChI=1S/C21H17N3/c1-3-8-15(9-4-1)20-18-14-16-10-7-13-19(16)22-21(18)24(23-20)17-11-5-2-6-12-17/h1-6,8-9,11-12,14H,7,10,13H2. The molecule has 4 aromatic rings. The predicted molar refractivity (Wildman–Crippen MR) is 96.3 cm³/mol. The Kier molecular flexibility index (Phi) is 2.98. The van der Waals surface area contributed by atoms with E-state index in [-0.39, 0.29) is 0 Å². The van der Waals surface area contributed by atoms with Gasteiger partial charge in [-0.3, -0.25) is 0 Å². The highest BCUT2D eigenvalue weighted by Crippen LogP contribution is 2.32. The van der Waals surface area contributed by atoms with E-state index in [0.29, 0.717) is 0 Å². The van der Waals surface area contributed by atoms with E-state index in [1.165, 1.54) is 17.7 Å². The average molecular weight is 311 g/mol. The van der Waals surface area contributed by atoms with Gasteiger partial charge in [0.15, 0.2) is 5.65 Å². The van der Waals surface area contributed by atoms with Crippen LogP contribution in [0.15, 0.2) is 66.7 Å². The fourth-order valence-electron chi connectivity index (χ4n) is 3.56. The summed E-state index contributed by atoms with van der Waals surface area (Å²) >= 11 is 0. The van der Waals surface area contributed by atoms with Gasteiger partial charge in [-0.25, -0.2) is 9.67 Å². The zero-order chi connectivity index (χ0) is 15.9. The summed E-state index contributed by atoms with van der Waals surface area (Å²) in [6, 6.07) is 23.0. The number of hydrogen-bond acceptors (Lipinski definition) is 2. The first-order chi connectivity index (χ1) is 11.9. The molecule has 0 spiro atoms. The molecular formula is C21H17N3. The topological polar surface area (TPSA) is 30.7 Å². The first kappa shape index (κ1) is 13.5. The fraction of sp³-hybridized carbons (Fsp3) is 0.143. The molecule has 0 amide bonds. The van der Waals surface area contributed by atoms with Crippen molar-refractivity contribution < 1.29 is 0 Å². The predicted octanol–water partition coefficient (Wildman–Crippen LogP) is 4.58. The van der Waals surface area contributed by atoms with Gasteiger partial charge in [0.2, 0.25) is 0 Å². The second kappa shape index (κ2) is 5.31. The lowest BCUT2D eigenvalue weighted by atomic mass is 10.1. The third-order valence-corrected chi connectivity index (χ3v) is 4.73. The number of rotatable bonds is 2. The Morgan fingerprint density at radius 3 is 2.38 bits per heavy atom. The molecule has 0 N–H and O–H groups in total. The van der Waals surface area contributed by atoms with Gasteiger partial charge in [-0.2, -0.15) is 5.10 Å². The van der Waals surface area contributed by atoms with E-state index in [9.17, 15) is 0 Å². The van der Waals surface area contributed by atoms with Crippen molar-refractivity contribution in [3.63, 3.8) is 0 Å². The van der Waals surface area contributed by atoms with Gasteiger partial charge in [0.05, 0.1) is 5.69 Å². The number of aromatic nitrogens is 3. The van der Waals surface area contributed by atoms with Gasteiger partial charge in [-0.15, -0.1) is 0 Å². The van der Waals surface area contributed by atoms with Crippen molar-refractivity contribution in [2.75, 3.05) is 0 Å². The molecule has 0 unspecified atom stereocenters. The summed E-state index contributed by atoms with van der Waals surface area (Å²) in [5.41, 5.74) is 6.77. The zero-order valence-electron chi connectivity index (χ0n) is 13.3. The fourth-order valence-corrected chi connectivity index (χ4v) is 3.56. The molecule has 5 rings (SSSR count). The van der Waals surface area contributed by atoms with Crippen LogP contribution in [0.25, 0.3) is 28.0 Å². The van der Waals surface area contributed by atoms with Crippen LogP contribution in [0, 0.1) is 0 Å². The lowest BCUT2D eigenvalue weighted by Gasteiger charge is -2.04. The SMILES string of the molecule is c1ccc(-c2nn(-c3ccccc3)c3nc4c(cc23)CCC4)cc1. The maximum atomic E-state index is 4.98. The molecule has 0 aliphatic heterocycles. The van der Waals surface area contributed by atoms with Crippen LogP contribution in [-0.4, -0.2) is 14.8 Å². The lowest BCUT2D eigenvalue weighted by Crippen LogP contribution is -1.99. The van der Waals surface area contributed by atoms with E-state index in [4.69, 9.17) is 10.1 Å². The van der Waals surface area contributed by atoms with Crippen LogP contribution in [0.3, 0.4) is 0 Å². The van der Waals surface area contributed by atoms with Gasteiger partial charge in [0, 0.05) is 16.6 Å². The average Bonchev–Trinajstić information content (AvgIpc) is 3.25. The van der Waals surface area contributed by atoms with E-state index in [1.807, 2.05) is 28.9 Å². The van der Waals surface area contributed by atoms with E-state index in [2.05, 4.69) is 42.5 Å². The van der Waals surface area contributed by atoms with Gasteiger partial charge < -0.3 is 0 Å². The molecule has 2 aromatic heterocycles. The van der Waals surface area contributed by atoms with Crippen molar-refractivity contribution in [1.29, 1.82) is 0 Å². The minimum Gasteiger partial charge on any atom is -0.233 e. The summed E-state index contributed by atoms with van der Waals surface area (Å²) in [4.78, 5) is 4.98. The maximum Gasteiger partial charge on any atom is 0.163 e. The molecule has 1 aliphatic carbocycles. The Bertz CT molecular complexity index is 936. The number of para-hydroxylation sites is 1. The van der Waals surface area contributed by atoms with Gasteiger partial charge in [-0.05, 0) is 43.0 Å². The molecule has 116 valence electrons. The molecule has 0 bridgehead atoms. The number of fused-ring (bicyclic) bond motifs is 2. The summed E-state index contributed by atoms with van der Waals surface area (Å²) in [6.45, 7) is 0. The molecule has 2 aromatic carbocycles. The summed E-state index contributed by atoms with van der Waals surface area (Å²) in [5, 5.41) is 6.07. The largest absolute Gasteiger partial charge is 0.233 e. The Labute approximate surface area is 140 Å². The minimum absolute atomic E-state index is 0.959. The van der Waals surface area contributed by atoms with Crippen molar-refractivity contribution >= 4 is 11.0 Å². The molecule has 24 heavy (non-hydrogen) atoms. The Morgan fingerprint density at radius 2 is 1.58 bits per heavy atom. The Balaban J connectivity index is 1.84. The van der Waals surface area contributed by atoms with Gasteiger partial charge in [0.25, 0.3) is 0 Å². The third kappa shape index (κ3) is 2.05. The maximum absolute atomic E-state index is 4.98. The van der Waals surface area contributed by atoms with E-state index >= 15 is 0 Å². The van der Waals surface area contributed by atoms with Crippen LogP contribution in [-0.2, 0) is 12.8 Å². The number of hydrogen-bond donors (Lipinski definition) is 0. The molecule has 1 aliphatic rings. The van der Waals surface area contributed by atoms with Crippen molar-refractivity contribution in [3.05, 3.63) is 78.0 Å². The van der Waals surface area contributed by atoms with Gasteiger partial charge in [0.1, 0.15) is 5.69 Å². The van der Waals surface area contributed by atoms with Crippen LogP contribution >= 0.6 is 0 Å². The number of aryl methyl sites for hydroxylation is 2. The zero-order valence-corrected chi connectivity index (χ0v) is 13.3. The highest BCUT2D eigenvalue weighted by molar-refractivity contribution is 5.92. The normalized spacial score (nSPS) is 13.3. The van der Waals surface area contributed by atoms with Gasteiger partial charge in [-0.1, -0.05) is 48.5 Å². The van der Waals surface area contributed by atoms with E-state index < -0.39 is 0 Å². The molecule has 0 saturated carbocycles. The van der Waals surface area contributed by atoms with E-state index in [1.54, 1.807) is 0 Å². The second-order valence-electron chi connectivity index (χ2n) is 6.28. The van der Waals surface area contributed by atoms with Crippen LogP contribution in [0.2, 0.25) is 0 Å². The minimum atomic E-state index is 0.959. The number of benzene rings is 2. The smallest absolute Gasteiger partial charge is 0.163 e. The van der Waals surface area contributed by atoms with Crippen molar-refractivity contribution in [3.8, 4) is 16.9 Å². The second-order valence-corrected chi connectivity index (χ2v) is 6.28. The molecule has 0 atom stereocenters. The molecule has 0 fully saturated rings. The molecule has 3 nitrogen and oxygen atoms in total. The summed E-state index contributed by atoms with van der Waals surface area (Å²) in [5.74, 6) is 0. The van der Waals surface area contributed by atoms with Crippen molar-refractivity contribution in [2.45, 2.75) is 19.3 Å². The highest BCUT2D eigenvalue weighted by Gasteiger charge is 2.20. The number of pyridine rings is 1. The van der Waals surface area contributed by atoms with Crippen LogP contribution < -0.4 is 0 Å². The monoisotopic (exact) mass is 311 g/mol. The lowest BCUT2D eigenvalue weighted by molar-refractivity contribution is 0.880. The Morgan fingerprint density at radius 1 is 0.833 bits per heavy atom. The molecule has 0 radical (unpaired) electrons. The first-order valence-corrected chi connectivity index (χ1v) is 8.42. The van der Waals surface area contributed by atoms with Crippen LogP contribution in [0.5, 0.6) is 0 Å².